The van der Waals surface area contributed by atoms with E-state index >= 15 is 0 Å². The molecule has 1 aromatic rings. The van der Waals surface area contributed by atoms with Crippen LogP contribution < -0.4 is 0 Å². The summed E-state index contributed by atoms with van der Waals surface area (Å²) in [6.07, 6.45) is 10.6. The van der Waals surface area contributed by atoms with Crippen molar-refractivity contribution in [3.63, 3.8) is 0 Å². The first-order valence-electron chi connectivity index (χ1n) is 8.80. The standard InChI is InChI=1S/C22H27FN2O2/c1-5-19(9-10-20(23)6-2)22(27,12-7-13-25(3)4)21-11-8-17(15-24)14-18(21)16-26/h1,6,8-11,14,19,26-27H,7,12-13,16H2,2-4H3/b10-9-,20-6+. The van der Waals surface area contributed by atoms with E-state index in [0.717, 1.165) is 6.54 Å². The van der Waals surface area contributed by atoms with Crippen LogP contribution in [0.2, 0.25) is 0 Å². The van der Waals surface area contributed by atoms with Gasteiger partial charge in [-0.3, -0.25) is 0 Å². The Morgan fingerprint density at radius 1 is 1.44 bits per heavy atom. The number of aliphatic hydroxyl groups excluding tert-OH is 1. The highest BCUT2D eigenvalue weighted by Gasteiger charge is 2.37. The molecule has 2 atom stereocenters. The van der Waals surface area contributed by atoms with Gasteiger partial charge in [-0.25, -0.2) is 4.39 Å². The molecule has 2 N–H and O–H groups in total. The van der Waals surface area contributed by atoms with E-state index in [0.29, 0.717) is 29.5 Å². The number of rotatable bonds is 9. The van der Waals surface area contributed by atoms with Gasteiger partial charge in [0, 0.05) is 0 Å². The molecule has 27 heavy (non-hydrogen) atoms. The van der Waals surface area contributed by atoms with Crippen LogP contribution in [0.3, 0.4) is 0 Å². The second-order valence-electron chi connectivity index (χ2n) is 6.65. The lowest BCUT2D eigenvalue weighted by Crippen LogP contribution is -2.35. The highest BCUT2D eigenvalue weighted by atomic mass is 19.1. The molecule has 4 nitrogen and oxygen atoms in total. The first kappa shape index (κ1) is 22.6. The molecule has 1 aromatic carbocycles. The monoisotopic (exact) mass is 370 g/mol. The van der Waals surface area contributed by atoms with Gasteiger partial charge in [-0.15, -0.1) is 6.42 Å². The Bertz CT molecular complexity index is 771. The van der Waals surface area contributed by atoms with Gasteiger partial charge in [0.25, 0.3) is 0 Å². The van der Waals surface area contributed by atoms with Gasteiger partial charge in [0.15, 0.2) is 0 Å². The molecule has 0 fully saturated rings. The predicted molar refractivity (Wildman–Crippen MR) is 105 cm³/mol. The van der Waals surface area contributed by atoms with Crippen molar-refractivity contribution in [2.24, 2.45) is 5.92 Å². The van der Waals surface area contributed by atoms with Crippen molar-refractivity contribution >= 4 is 0 Å². The normalized spacial score (nSPS) is 15.4. The summed E-state index contributed by atoms with van der Waals surface area (Å²) in [6, 6.07) is 6.75. The van der Waals surface area contributed by atoms with Gasteiger partial charge in [-0.1, -0.05) is 24.1 Å². The molecule has 0 heterocycles. The zero-order valence-corrected chi connectivity index (χ0v) is 16.1. The number of hydrogen-bond acceptors (Lipinski definition) is 4. The Kier molecular flexibility index (Phi) is 8.91. The van der Waals surface area contributed by atoms with E-state index in [-0.39, 0.29) is 6.61 Å². The summed E-state index contributed by atoms with van der Waals surface area (Å²) in [5.41, 5.74) is -0.231. The largest absolute Gasteiger partial charge is 0.392 e. The lowest BCUT2D eigenvalue weighted by Gasteiger charge is -2.34. The Morgan fingerprint density at radius 3 is 2.67 bits per heavy atom. The fourth-order valence-corrected chi connectivity index (χ4v) is 2.98. The second kappa shape index (κ2) is 10.6. The van der Waals surface area contributed by atoms with Gasteiger partial charge >= 0.3 is 0 Å². The van der Waals surface area contributed by atoms with Crippen molar-refractivity contribution in [2.75, 3.05) is 20.6 Å². The molecule has 0 spiro atoms. The molecule has 0 aliphatic rings. The molecule has 144 valence electrons. The minimum atomic E-state index is -1.50. The third-order valence-electron chi connectivity index (χ3n) is 4.45. The molecule has 0 saturated heterocycles. The van der Waals surface area contributed by atoms with Crippen LogP contribution in [-0.2, 0) is 12.2 Å². The zero-order chi connectivity index (χ0) is 20.4. The maximum absolute atomic E-state index is 13.6. The maximum atomic E-state index is 13.6. The minimum absolute atomic E-state index is 0.320. The average Bonchev–Trinajstić information content (AvgIpc) is 2.67. The van der Waals surface area contributed by atoms with E-state index < -0.39 is 17.3 Å². The third kappa shape index (κ3) is 6.05. The summed E-state index contributed by atoms with van der Waals surface area (Å²) < 4.78 is 13.6. The Balaban J connectivity index is 3.43. The summed E-state index contributed by atoms with van der Waals surface area (Å²) in [7, 11) is 3.86. The summed E-state index contributed by atoms with van der Waals surface area (Å²) in [6.45, 7) is 1.96. The number of allylic oxidation sites excluding steroid dienone is 3. The summed E-state index contributed by atoms with van der Waals surface area (Å²) in [5.74, 6) is 1.29. The van der Waals surface area contributed by atoms with Crippen LogP contribution in [0, 0.1) is 29.6 Å². The zero-order valence-electron chi connectivity index (χ0n) is 16.1. The number of aliphatic hydroxyl groups is 2. The van der Waals surface area contributed by atoms with Gasteiger partial charge in [0.05, 0.1) is 24.2 Å². The molecule has 0 saturated carbocycles. The minimum Gasteiger partial charge on any atom is -0.392 e. The highest BCUT2D eigenvalue weighted by molar-refractivity contribution is 5.42. The van der Waals surface area contributed by atoms with Gasteiger partial charge in [0.2, 0.25) is 0 Å². The van der Waals surface area contributed by atoms with Crippen LogP contribution in [0.1, 0.15) is 36.5 Å². The van der Waals surface area contributed by atoms with E-state index in [2.05, 4.69) is 5.92 Å². The number of terminal acetylenes is 1. The van der Waals surface area contributed by atoms with E-state index in [4.69, 9.17) is 11.7 Å². The van der Waals surface area contributed by atoms with E-state index in [1.165, 1.54) is 24.3 Å². The van der Waals surface area contributed by atoms with Crippen molar-refractivity contribution < 1.29 is 14.6 Å². The molecule has 1 rings (SSSR count). The number of halogens is 1. The first-order valence-corrected chi connectivity index (χ1v) is 8.80. The fraction of sp³-hybridized carbons (Fsp3) is 0.409. The van der Waals surface area contributed by atoms with Crippen LogP contribution in [0.25, 0.3) is 0 Å². The van der Waals surface area contributed by atoms with Crippen molar-refractivity contribution in [3.05, 3.63) is 58.9 Å². The van der Waals surface area contributed by atoms with Crippen LogP contribution in [0.4, 0.5) is 4.39 Å². The molecule has 0 radical (unpaired) electrons. The third-order valence-corrected chi connectivity index (χ3v) is 4.45. The Morgan fingerprint density at radius 2 is 2.15 bits per heavy atom. The summed E-state index contributed by atoms with van der Waals surface area (Å²) in [5, 5.41) is 30.4. The molecule has 0 aromatic heterocycles. The van der Waals surface area contributed by atoms with Crippen LogP contribution in [0.5, 0.6) is 0 Å². The van der Waals surface area contributed by atoms with Gasteiger partial charge in [0.1, 0.15) is 11.4 Å². The van der Waals surface area contributed by atoms with E-state index in [9.17, 15) is 14.6 Å². The topological polar surface area (TPSA) is 67.5 Å². The lowest BCUT2D eigenvalue weighted by molar-refractivity contribution is -0.0000447. The second-order valence-corrected chi connectivity index (χ2v) is 6.65. The summed E-state index contributed by atoms with van der Waals surface area (Å²) in [4.78, 5) is 1.99. The Hall–Kier alpha value is -2.44. The van der Waals surface area contributed by atoms with E-state index in [1.54, 1.807) is 19.1 Å². The fourth-order valence-electron chi connectivity index (χ4n) is 2.98. The van der Waals surface area contributed by atoms with Crippen LogP contribution in [-0.4, -0.2) is 35.8 Å². The van der Waals surface area contributed by atoms with Gasteiger partial charge < -0.3 is 15.1 Å². The van der Waals surface area contributed by atoms with Crippen LogP contribution >= 0.6 is 0 Å². The molecule has 2 unspecified atom stereocenters. The average molecular weight is 370 g/mol. The van der Waals surface area contributed by atoms with Crippen molar-refractivity contribution in [3.8, 4) is 18.4 Å². The van der Waals surface area contributed by atoms with Crippen molar-refractivity contribution in [1.29, 1.82) is 5.26 Å². The quantitative estimate of drug-likeness (QED) is 0.517. The number of nitrogens with zero attached hydrogens (tertiary/aromatic N) is 2. The lowest BCUT2D eigenvalue weighted by atomic mass is 9.76. The summed E-state index contributed by atoms with van der Waals surface area (Å²) >= 11 is 0. The SMILES string of the molecule is C#CC(/C=C\C(F)=C/C)C(O)(CCCN(C)C)c1ccc(C#N)cc1CO. The van der Waals surface area contributed by atoms with Crippen molar-refractivity contribution in [2.45, 2.75) is 32.0 Å². The number of benzene rings is 1. The molecular formula is C22H27FN2O2. The molecule has 0 aliphatic carbocycles. The van der Waals surface area contributed by atoms with Crippen molar-refractivity contribution in [1.82, 2.24) is 4.90 Å². The smallest absolute Gasteiger partial charge is 0.118 e. The number of hydrogen-bond donors (Lipinski definition) is 2. The molecule has 5 heteroatoms. The number of nitriles is 1. The van der Waals surface area contributed by atoms with Crippen LogP contribution in [0.15, 0.2) is 42.3 Å². The van der Waals surface area contributed by atoms with E-state index in [1.807, 2.05) is 25.1 Å². The predicted octanol–water partition coefficient (Wildman–Crippen LogP) is 3.26. The van der Waals surface area contributed by atoms with Gasteiger partial charge in [-0.05, 0) is 69.7 Å². The maximum Gasteiger partial charge on any atom is 0.118 e. The molecular weight excluding hydrogens is 343 g/mol. The molecule has 0 amide bonds. The molecule has 0 bridgehead atoms. The highest BCUT2D eigenvalue weighted by Crippen LogP contribution is 2.38. The molecule has 0 aliphatic heterocycles. The Labute approximate surface area is 161 Å². The van der Waals surface area contributed by atoms with Gasteiger partial charge in [-0.2, -0.15) is 5.26 Å². The first-order chi connectivity index (χ1) is 12.8.